The molecule has 2 aromatic carbocycles. The van der Waals surface area contributed by atoms with E-state index in [0.29, 0.717) is 12.8 Å². The van der Waals surface area contributed by atoms with E-state index < -0.39 is 96.4 Å². The summed E-state index contributed by atoms with van der Waals surface area (Å²) in [4.78, 5) is 60.4. The average molecular weight is 505 g/mol. The lowest BCUT2D eigenvalue weighted by Gasteiger charge is -2.21. The highest BCUT2D eigenvalue weighted by Gasteiger charge is 2.35. The number of unbranched alkanes of at least 4 members (excludes halogenated alkanes) is 2. The second-order valence-corrected chi connectivity index (χ2v) is 7.75. The van der Waals surface area contributed by atoms with Gasteiger partial charge in [0.25, 0.3) is 0 Å². The smallest absolute Gasteiger partial charge is 0.340 e. The van der Waals surface area contributed by atoms with Gasteiger partial charge in [-0.3, -0.25) is 4.79 Å². The van der Waals surface area contributed by atoms with E-state index in [9.17, 15) is 64.8 Å². The SMILES string of the molecule is CCCCCn1c2c(O)c(C(=O)O)c(C(=O)O)c(O)c2c(=O)c2c(O)c(C(=O)O)c(C(=O)O)c(O)c21. The number of aromatic hydroxyl groups is 4. The standard InChI is InChI=1S/C22H19NO13/c1-2-3-4-5-23-12-10(14(24)6(19(29)30)8(17(12)27)21(33)34)16(26)11-13(23)18(28)9(22(35)36)7(15(11)25)20(31)32/h24-25,27-28H,2-5H2,1H3,(H,29,30)(H,31,32)(H,33,34)(H,35,36). The van der Waals surface area contributed by atoms with E-state index >= 15 is 0 Å². The summed E-state index contributed by atoms with van der Waals surface area (Å²) in [6.45, 7) is 1.54. The Kier molecular flexibility index (Phi) is 6.39. The molecule has 0 amide bonds. The fraction of sp³-hybridized carbons (Fsp3) is 0.227. The van der Waals surface area contributed by atoms with Crippen LogP contribution in [-0.4, -0.2) is 69.3 Å². The minimum atomic E-state index is -2.03. The summed E-state index contributed by atoms with van der Waals surface area (Å²) in [5.74, 6) is -13.4. The highest BCUT2D eigenvalue weighted by atomic mass is 16.4. The third-order valence-electron chi connectivity index (χ3n) is 5.68. The Morgan fingerprint density at radius 2 is 0.944 bits per heavy atom. The van der Waals surface area contributed by atoms with Crippen LogP contribution < -0.4 is 5.43 Å². The number of carboxylic acid groups (broad SMARTS) is 4. The number of aryl methyl sites for hydroxylation is 1. The minimum Gasteiger partial charge on any atom is -0.506 e. The van der Waals surface area contributed by atoms with Crippen LogP contribution in [0, 0.1) is 0 Å². The van der Waals surface area contributed by atoms with Gasteiger partial charge >= 0.3 is 23.9 Å². The van der Waals surface area contributed by atoms with Crippen molar-refractivity contribution in [2.24, 2.45) is 0 Å². The molecule has 36 heavy (non-hydrogen) atoms. The van der Waals surface area contributed by atoms with Crippen molar-refractivity contribution in [1.82, 2.24) is 4.57 Å². The van der Waals surface area contributed by atoms with E-state index in [-0.39, 0.29) is 13.0 Å². The molecule has 0 fully saturated rings. The van der Waals surface area contributed by atoms with Crippen LogP contribution in [0.5, 0.6) is 23.0 Å². The van der Waals surface area contributed by atoms with E-state index in [1.165, 1.54) is 0 Å². The maximum Gasteiger partial charge on any atom is 0.340 e. The topological polar surface area (TPSA) is 252 Å². The van der Waals surface area contributed by atoms with Gasteiger partial charge in [0.1, 0.15) is 33.8 Å². The normalized spacial score (nSPS) is 11.1. The van der Waals surface area contributed by atoms with Gasteiger partial charge in [0.2, 0.25) is 5.43 Å². The van der Waals surface area contributed by atoms with Crippen LogP contribution in [0.25, 0.3) is 21.8 Å². The molecule has 1 aromatic heterocycles. The molecule has 0 bridgehead atoms. The molecule has 0 aliphatic rings. The lowest BCUT2D eigenvalue weighted by molar-refractivity contribution is 0.0645. The molecule has 0 aliphatic carbocycles. The molecule has 8 N–H and O–H groups in total. The molecule has 3 rings (SSSR count). The van der Waals surface area contributed by atoms with Gasteiger partial charge in [-0.1, -0.05) is 19.8 Å². The minimum absolute atomic E-state index is 0.218. The molecule has 14 heteroatoms. The first-order valence-electron chi connectivity index (χ1n) is 10.3. The number of pyridine rings is 1. The summed E-state index contributed by atoms with van der Waals surface area (Å²) in [6.07, 6.45) is 1.33. The molecule has 0 radical (unpaired) electrons. The Bertz CT molecular complexity index is 1460. The summed E-state index contributed by atoms with van der Waals surface area (Å²) < 4.78 is 0.835. The number of phenols is 4. The van der Waals surface area contributed by atoms with Gasteiger partial charge in [-0.15, -0.1) is 0 Å². The molecule has 190 valence electrons. The first-order valence-corrected chi connectivity index (χ1v) is 10.3. The number of aromatic carboxylic acids is 4. The number of benzene rings is 2. The molecule has 1 heterocycles. The number of aromatic nitrogens is 1. The number of hydrogen-bond donors (Lipinski definition) is 8. The van der Waals surface area contributed by atoms with Crippen LogP contribution >= 0.6 is 0 Å². The third-order valence-corrected chi connectivity index (χ3v) is 5.68. The van der Waals surface area contributed by atoms with Gasteiger partial charge in [0.15, 0.2) is 11.5 Å². The maximum atomic E-state index is 13.4. The van der Waals surface area contributed by atoms with Crippen LogP contribution in [0.4, 0.5) is 0 Å². The lowest BCUT2D eigenvalue weighted by Crippen LogP contribution is -2.19. The van der Waals surface area contributed by atoms with Crippen molar-refractivity contribution in [1.29, 1.82) is 0 Å². The monoisotopic (exact) mass is 505 g/mol. The van der Waals surface area contributed by atoms with Crippen molar-refractivity contribution in [2.45, 2.75) is 32.7 Å². The molecule has 0 aliphatic heterocycles. The second kappa shape index (κ2) is 8.98. The van der Waals surface area contributed by atoms with Crippen molar-refractivity contribution in [2.75, 3.05) is 0 Å². The van der Waals surface area contributed by atoms with Crippen molar-refractivity contribution >= 4 is 45.7 Å². The Morgan fingerprint density at radius 3 is 1.25 bits per heavy atom. The van der Waals surface area contributed by atoms with Crippen molar-refractivity contribution < 1.29 is 60.0 Å². The van der Waals surface area contributed by atoms with E-state index in [4.69, 9.17) is 0 Å². The van der Waals surface area contributed by atoms with Gasteiger partial charge in [-0.2, -0.15) is 0 Å². The first kappa shape index (κ1) is 25.6. The molecule has 0 spiro atoms. The van der Waals surface area contributed by atoms with Crippen molar-refractivity contribution in [3.05, 3.63) is 32.5 Å². The third kappa shape index (κ3) is 3.55. The Labute approximate surface area is 199 Å². The van der Waals surface area contributed by atoms with E-state index in [1.54, 1.807) is 6.92 Å². The quantitative estimate of drug-likeness (QED) is 0.124. The second-order valence-electron chi connectivity index (χ2n) is 7.75. The summed E-state index contributed by atoms with van der Waals surface area (Å²) in [5.41, 5.74) is -8.32. The number of carbonyl (C=O) groups is 4. The van der Waals surface area contributed by atoms with Gasteiger partial charge in [-0.25, -0.2) is 19.2 Å². The average Bonchev–Trinajstić information content (AvgIpc) is 2.77. The zero-order chi connectivity index (χ0) is 27.2. The fourth-order valence-electron chi connectivity index (χ4n) is 4.19. The molecular weight excluding hydrogens is 486 g/mol. The van der Waals surface area contributed by atoms with E-state index in [2.05, 4.69) is 0 Å². The Hall–Kier alpha value is -5.01. The van der Waals surface area contributed by atoms with Crippen LogP contribution in [0.3, 0.4) is 0 Å². The van der Waals surface area contributed by atoms with Gasteiger partial charge in [-0.05, 0) is 6.42 Å². The number of nitrogens with zero attached hydrogens (tertiary/aromatic N) is 1. The molecule has 0 saturated carbocycles. The zero-order valence-corrected chi connectivity index (χ0v) is 18.4. The summed E-state index contributed by atoms with van der Waals surface area (Å²) >= 11 is 0. The largest absolute Gasteiger partial charge is 0.506 e. The number of carboxylic acids is 4. The lowest BCUT2D eigenvalue weighted by atomic mass is 9.95. The summed E-state index contributed by atoms with van der Waals surface area (Å²) in [6, 6.07) is 0. The molecule has 0 atom stereocenters. The van der Waals surface area contributed by atoms with Crippen LogP contribution in [0.2, 0.25) is 0 Å². The fourth-order valence-corrected chi connectivity index (χ4v) is 4.19. The zero-order valence-electron chi connectivity index (χ0n) is 18.4. The van der Waals surface area contributed by atoms with Crippen LogP contribution in [0.15, 0.2) is 4.79 Å². The Balaban J connectivity index is 2.85. The Morgan fingerprint density at radius 1 is 0.611 bits per heavy atom. The maximum absolute atomic E-state index is 13.4. The van der Waals surface area contributed by atoms with E-state index in [1.807, 2.05) is 0 Å². The van der Waals surface area contributed by atoms with Gasteiger partial charge in [0.05, 0.1) is 21.8 Å². The van der Waals surface area contributed by atoms with Crippen LogP contribution in [0.1, 0.15) is 67.6 Å². The molecular formula is C22H19NO13. The van der Waals surface area contributed by atoms with Crippen LogP contribution in [-0.2, 0) is 6.54 Å². The first-order chi connectivity index (χ1) is 16.8. The molecule has 3 aromatic rings. The van der Waals surface area contributed by atoms with Crippen molar-refractivity contribution in [3.8, 4) is 23.0 Å². The molecule has 0 unspecified atom stereocenters. The van der Waals surface area contributed by atoms with E-state index in [0.717, 1.165) is 4.57 Å². The predicted molar refractivity (Wildman–Crippen MR) is 120 cm³/mol. The molecule has 14 nitrogen and oxygen atoms in total. The number of rotatable bonds is 8. The number of hydrogen-bond acceptors (Lipinski definition) is 9. The summed E-state index contributed by atoms with van der Waals surface area (Å²) in [7, 11) is 0. The highest BCUT2D eigenvalue weighted by molar-refractivity contribution is 6.18. The highest BCUT2D eigenvalue weighted by Crippen LogP contribution is 2.45. The molecule has 0 saturated heterocycles. The predicted octanol–water partition coefficient (Wildman–Crippen LogP) is 1.96. The number of fused-ring (bicyclic) bond motifs is 2. The van der Waals surface area contributed by atoms with Gasteiger partial charge in [0, 0.05) is 6.54 Å². The van der Waals surface area contributed by atoms with Gasteiger partial charge < -0.3 is 45.4 Å². The summed E-state index contributed by atoms with van der Waals surface area (Å²) in [5, 5.41) is 78.9. The van der Waals surface area contributed by atoms with Crippen molar-refractivity contribution in [3.63, 3.8) is 0 Å².